The second-order valence-corrected chi connectivity index (χ2v) is 4.60. The molecule has 0 fully saturated rings. The van der Waals surface area contributed by atoms with Crippen molar-refractivity contribution in [1.29, 1.82) is 0 Å². The quantitative estimate of drug-likeness (QED) is 0.251. The number of imidazole rings is 1. The molecule has 0 amide bonds. The van der Waals surface area contributed by atoms with Crippen LogP contribution < -0.4 is 18.9 Å². The molecule has 0 unspecified atom stereocenters. The maximum absolute atomic E-state index is 4.45. The minimum Gasteiger partial charge on any atom is -0.340 e. The van der Waals surface area contributed by atoms with Crippen LogP contribution in [-0.2, 0) is 0 Å². The Morgan fingerprint density at radius 1 is 1.16 bits per heavy atom. The Bertz CT molecular complexity index is 893. The van der Waals surface area contributed by atoms with Crippen LogP contribution >= 0.6 is 0 Å². The molecular formula is C16H11LiN2. The average Bonchev–Trinajstić information content (AvgIpc) is 2.88. The molecule has 86 valence electrons. The van der Waals surface area contributed by atoms with Crippen LogP contribution in [0.3, 0.4) is 0 Å². The van der Waals surface area contributed by atoms with Crippen LogP contribution in [0, 0.1) is 13.0 Å². The van der Waals surface area contributed by atoms with Gasteiger partial charge in [0.05, 0.1) is 5.65 Å². The molecule has 0 spiro atoms. The summed E-state index contributed by atoms with van der Waals surface area (Å²) in [5.74, 6) is 0. The number of benzene rings is 2. The van der Waals surface area contributed by atoms with Gasteiger partial charge in [0.25, 0.3) is 0 Å². The first kappa shape index (κ1) is 12.3. The van der Waals surface area contributed by atoms with Crippen molar-refractivity contribution in [2.24, 2.45) is 0 Å². The smallest absolute Gasteiger partial charge is 0.340 e. The summed E-state index contributed by atoms with van der Waals surface area (Å²) in [6.45, 7) is 2.12. The number of rotatable bonds is 0. The first-order valence-electron chi connectivity index (χ1n) is 6.00. The van der Waals surface area contributed by atoms with Crippen LogP contribution in [0.1, 0.15) is 5.56 Å². The van der Waals surface area contributed by atoms with Gasteiger partial charge in [0, 0.05) is 17.9 Å². The SMILES string of the molecule is Cc1ccc2c(c1)c1ccc[c-]c1c1nccn21.[Li+]. The van der Waals surface area contributed by atoms with Crippen LogP contribution in [-0.4, -0.2) is 9.38 Å². The van der Waals surface area contributed by atoms with Crippen molar-refractivity contribution < 1.29 is 18.9 Å². The van der Waals surface area contributed by atoms with Crippen LogP contribution in [0.5, 0.6) is 0 Å². The summed E-state index contributed by atoms with van der Waals surface area (Å²) in [5, 5.41) is 3.56. The van der Waals surface area contributed by atoms with Gasteiger partial charge in [0.15, 0.2) is 0 Å². The van der Waals surface area contributed by atoms with E-state index >= 15 is 0 Å². The summed E-state index contributed by atoms with van der Waals surface area (Å²) in [7, 11) is 0. The molecule has 0 aliphatic carbocycles. The second-order valence-electron chi connectivity index (χ2n) is 4.60. The summed E-state index contributed by atoms with van der Waals surface area (Å²) in [5.41, 5.74) is 3.44. The van der Waals surface area contributed by atoms with Crippen molar-refractivity contribution >= 4 is 27.3 Å². The Hall–Kier alpha value is -1.75. The first-order chi connectivity index (χ1) is 8.84. The fraction of sp³-hybridized carbons (Fsp3) is 0.0625. The van der Waals surface area contributed by atoms with Gasteiger partial charge in [-0.25, -0.2) is 0 Å². The summed E-state index contributed by atoms with van der Waals surface area (Å²) >= 11 is 0. The molecule has 3 heteroatoms. The van der Waals surface area contributed by atoms with Crippen LogP contribution in [0.4, 0.5) is 0 Å². The summed E-state index contributed by atoms with van der Waals surface area (Å²) in [6.07, 6.45) is 3.85. The van der Waals surface area contributed by atoms with Gasteiger partial charge in [0.2, 0.25) is 0 Å². The van der Waals surface area contributed by atoms with Crippen LogP contribution in [0.2, 0.25) is 0 Å². The fourth-order valence-corrected chi connectivity index (χ4v) is 2.60. The number of aromatic nitrogens is 2. The summed E-state index contributed by atoms with van der Waals surface area (Å²) in [6, 6.07) is 15.9. The average molecular weight is 238 g/mol. The molecular weight excluding hydrogens is 227 g/mol. The van der Waals surface area contributed by atoms with E-state index in [0.29, 0.717) is 0 Å². The molecule has 0 radical (unpaired) electrons. The van der Waals surface area contributed by atoms with Crippen molar-refractivity contribution in [2.75, 3.05) is 0 Å². The molecule has 0 bridgehead atoms. The van der Waals surface area contributed by atoms with Crippen molar-refractivity contribution in [1.82, 2.24) is 9.38 Å². The minimum absolute atomic E-state index is 0. The number of aryl methyl sites for hydroxylation is 1. The van der Waals surface area contributed by atoms with Gasteiger partial charge < -0.3 is 4.40 Å². The first-order valence-corrected chi connectivity index (χ1v) is 6.00. The zero-order valence-electron chi connectivity index (χ0n) is 11.0. The van der Waals surface area contributed by atoms with E-state index in [-0.39, 0.29) is 18.9 Å². The summed E-state index contributed by atoms with van der Waals surface area (Å²) in [4.78, 5) is 4.45. The van der Waals surface area contributed by atoms with Gasteiger partial charge >= 0.3 is 18.9 Å². The Labute approximate surface area is 123 Å². The minimum atomic E-state index is 0. The van der Waals surface area contributed by atoms with E-state index < -0.39 is 0 Å². The van der Waals surface area contributed by atoms with Gasteiger partial charge in [-0.05, 0) is 18.4 Å². The van der Waals surface area contributed by atoms with E-state index in [4.69, 9.17) is 0 Å². The standard InChI is InChI=1S/C16H11N2.Li/c1-11-6-7-15-14(10-11)12-4-2-3-5-13(12)16-17-8-9-18(15)16;/h2-4,6-10H,1H3;/q-1;+1. The molecule has 0 atom stereocenters. The van der Waals surface area contributed by atoms with Crippen molar-refractivity contribution in [2.45, 2.75) is 6.92 Å². The van der Waals surface area contributed by atoms with E-state index in [0.717, 1.165) is 11.0 Å². The molecule has 0 N–H and O–H groups in total. The second kappa shape index (κ2) is 4.42. The molecule has 0 saturated carbocycles. The molecule has 19 heavy (non-hydrogen) atoms. The van der Waals surface area contributed by atoms with E-state index in [1.54, 1.807) is 0 Å². The zero-order valence-corrected chi connectivity index (χ0v) is 11.0. The third-order valence-corrected chi connectivity index (χ3v) is 3.42. The molecule has 4 rings (SSSR count). The molecule has 0 saturated heterocycles. The van der Waals surface area contributed by atoms with Gasteiger partial charge in [-0.2, -0.15) is 0 Å². The molecule has 2 heterocycles. The van der Waals surface area contributed by atoms with Crippen molar-refractivity contribution in [3.8, 4) is 0 Å². The molecule has 0 aliphatic rings. The molecule has 2 aromatic carbocycles. The number of hydrogen-bond acceptors (Lipinski definition) is 1. The number of fused-ring (bicyclic) bond motifs is 6. The number of pyridine rings is 1. The predicted octanol–water partition coefficient (Wildman–Crippen LogP) is 0.753. The maximum Gasteiger partial charge on any atom is 1.00 e. The van der Waals surface area contributed by atoms with Gasteiger partial charge in [-0.3, -0.25) is 4.98 Å². The third-order valence-electron chi connectivity index (χ3n) is 3.42. The predicted molar refractivity (Wildman–Crippen MR) is 73.8 cm³/mol. The molecule has 4 aromatic rings. The fourth-order valence-electron chi connectivity index (χ4n) is 2.60. The third kappa shape index (κ3) is 1.68. The Morgan fingerprint density at radius 3 is 2.95 bits per heavy atom. The van der Waals surface area contributed by atoms with Gasteiger partial charge in [-0.1, -0.05) is 23.1 Å². The van der Waals surface area contributed by atoms with E-state index in [1.807, 2.05) is 24.5 Å². The van der Waals surface area contributed by atoms with E-state index in [9.17, 15) is 0 Å². The van der Waals surface area contributed by atoms with Gasteiger partial charge in [0.1, 0.15) is 0 Å². The molecule has 0 aliphatic heterocycles. The summed E-state index contributed by atoms with van der Waals surface area (Å²) < 4.78 is 2.13. The van der Waals surface area contributed by atoms with E-state index in [2.05, 4.69) is 46.6 Å². The van der Waals surface area contributed by atoms with Gasteiger partial charge in [-0.15, -0.1) is 29.7 Å². The van der Waals surface area contributed by atoms with Crippen molar-refractivity contribution in [3.05, 3.63) is 60.4 Å². The van der Waals surface area contributed by atoms with Crippen LogP contribution in [0.25, 0.3) is 27.3 Å². The molecule has 2 aromatic heterocycles. The Kier molecular flexibility index (Phi) is 2.86. The Balaban J connectivity index is 0.00000110. The largest absolute Gasteiger partial charge is 1.00 e. The van der Waals surface area contributed by atoms with Crippen molar-refractivity contribution in [3.63, 3.8) is 0 Å². The Morgan fingerprint density at radius 2 is 2.05 bits per heavy atom. The molecule has 2 nitrogen and oxygen atoms in total. The zero-order chi connectivity index (χ0) is 12.1. The van der Waals surface area contributed by atoms with Crippen LogP contribution in [0.15, 0.2) is 48.8 Å². The maximum atomic E-state index is 4.45. The normalized spacial score (nSPS) is 11.0. The number of nitrogens with zero attached hydrogens (tertiary/aromatic N) is 2. The van der Waals surface area contributed by atoms with E-state index in [1.165, 1.54) is 21.9 Å². The monoisotopic (exact) mass is 238 g/mol. The number of hydrogen-bond donors (Lipinski definition) is 0. The topological polar surface area (TPSA) is 17.3 Å².